The number of hydrogen-bond acceptors (Lipinski definition) is 5. The molecule has 0 unspecified atom stereocenters. The number of nitrogens with zero attached hydrogens (tertiary/aromatic N) is 3. The van der Waals surface area contributed by atoms with Gasteiger partial charge in [-0.1, -0.05) is 0 Å². The van der Waals surface area contributed by atoms with Gasteiger partial charge in [0.05, 0.1) is 17.8 Å². The summed E-state index contributed by atoms with van der Waals surface area (Å²) in [4.78, 5) is 11.7. The second-order valence-electron chi connectivity index (χ2n) is 8.68. The molecule has 0 radical (unpaired) electrons. The van der Waals surface area contributed by atoms with Gasteiger partial charge < -0.3 is 10.1 Å². The Hall–Kier alpha value is -1.45. The molecule has 9 heteroatoms. The van der Waals surface area contributed by atoms with E-state index in [9.17, 15) is 13.2 Å². The molecule has 3 aliphatic rings. The number of nitrogens with one attached hydrogen (secondary N) is 1. The summed E-state index contributed by atoms with van der Waals surface area (Å²) in [5.41, 5.74) is 0.692. The number of rotatable bonds is 6. The zero-order chi connectivity index (χ0) is 20.1. The van der Waals surface area contributed by atoms with Crippen LogP contribution in [0.3, 0.4) is 0 Å². The van der Waals surface area contributed by atoms with Gasteiger partial charge in [0.25, 0.3) is 10.0 Å². The van der Waals surface area contributed by atoms with Crippen LogP contribution >= 0.6 is 0 Å². The maximum absolute atomic E-state index is 13.1. The quantitative estimate of drug-likeness (QED) is 0.757. The highest BCUT2D eigenvalue weighted by Crippen LogP contribution is 2.40. The van der Waals surface area contributed by atoms with Crippen LogP contribution < -0.4 is 5.32 Å². The number of fused-ring (bicyclic) bond motifs is 1. The molecule has 1 aliphatic heterocycles. The van der Waals surface area contributed by atoms with E-state index >= 15 is 0 Å². The summed E-state index contributed by atoms with van der Waals surface area (Å²) in [5, 5.41) is 7.47. The van der Waals surface area contributed by atoms with E-state index in [0.717, 1.165) is 19.4 Å². The van der Waals surface area contributed by atoms with Crippen molar-refractivity contribution in [3.05, 3.63) is 11.8 Å². The van der Waals surface area contributed by atoms with Gasteiger partial charge in [-0.2, -0.15) is 9.40 Å². The molecule has 8 nitrogen and oxygen atoms in total. The average Bonchev–Trinajstić information content (AvgIpc) is 3.23. The Labute approximate surface area is 166 Å². The molecule has 2 aliphatic carbocycles. The zero-order valence-corrected chi connectivity index (χ0v) is 17.6. The minimum atomic E-state index is -3.57. The molecule has 156 valence electrons. The van der Waals surface area contributed by atoms with Gasteiger partial charge in [-0.15, -0.1) is 0 Å². The van der Waals surface area contributed by atoms with Crippen LogP contribution in [0.2, 0.25) is 0 Å². The molecule has 2 saturated carbocycles. The van der Waals surface area contributed by atoms with Crippen molar-refractivity contribution in [2.24, 2.45) is 24.8 Å². The van der Waals surface area contributed by atoms with E-state index in [1.165, 1.54) is 24.4 Å². The number of amides is 1. The first kappa shape index (κ1) is 19.8. The van der Waals surface area contributed by atoms with Crippen LogP contribution in [0.5, 0.6) is 0 Å². The Bertz CT molecular complexity index is 848. The molecule has 1 aromatic rings. The summed E-state index contributed by atoms with van der Waals surface area (Å²) in [5.74, 6) is 1.10. The van der Waals surface area contributed by atoms with Gasteiger partial charge in [0, 0.05) is 33.7 Å². The molecule has 1 N–H and O–H groups in total. The molecule has 0 spiro atoms. The third-order valence-corrected chi connectivity index (χ3v) is 8.17. The molecule has 4 rings (SSSR count). The van der Waals surface area contributed by atoms with Gasteiger partial charge in [0.15, 0.2) is 5.03 Å². The maximum Gasteiger partial charge on any atom is 0.260 e. The average molecular weight is 411 g/mol. The van der Waals surface area contributed by atoms with Crippen molar-refractivity contribution in [1.82, 2.24) is 19.4 Å². The van der Waals surface area contributed by atoms with E-state index < -0.39 is 10.0 Å². The Morgan fingerprint density at radius 2 is 1.96 bits per heavy atom. The molecule has 0 bridgehead atoms. The Morgan fingerprint density at radius 3 is 2.54 bits per heavy atom. The molecule has 1 saturated heterocycles. The number of aryl methyl sites for hydroxylation is 2. The molecule has 1 amide bonds. The van der Waals surface area contributed by atoms with E-state index in [1.807, 2.05) is 0 Å². The first-order valence-corrected chi connectivity index (χ1v) is 11.6. The normalized spacial score (nSPS) is 31.0. The third-order valence-electron chi connectivity index (χ3n) is 6.28. The van der Waals surface area contributed by atoms with Gasteiger partial charge in [-0.05, 0) is 56.4 Å². The smallest absolute Gasteiger partial charge is 0.260 e. The number of sulfonamides is 1. The van der Waals surface area contributed by atoms with Crippen molar-refractivity contribution in [1.29, 1.82) is 0 Å². The monoisotopic (exact) mass is 410 g/mol. The van der Waals surface area contributed by atoms with Crippen molar-refractivity contribution in [2.75, 3.05) is 19.7 Å². The minimum absolute atomic E-state index is 0.0349. The predicted octanol–water partition coefficient (Wildman–Crippen LogP) is 1.06. The van der Waals surface area contributed by atoms with Gasteiger partial charge in [0.1, 0.15) is 0 Å². The zero-order valence-electron chi connectivity index (χ0n) is 16.8. The number of carbonyl (C=O) groups is 1. The fourth-order valence-electron chi connectivity index (χ4n) is 4.67. The summed E-state index contributed by atoms with van der Waals surface area (Å²) in [6, 6.07) is 1.58. The Kier molecular flexibility index (Phi) is 5.26. The highest BCUT2D eigenvalue weighted by Gasteiger charge is 2.47. The van der Waals surface area contributed by atoms with Crippen molar-refractivity contribution >= 4 is 15.9 Å². The summed E-state index contributed by atoms with van der Waals surface area (Å²) >= 11 is 0. The topological polar surface area (TPSA) is 93.5 Å². The molecule has 0 aromatic carbocycles. The molecular weight excluding hydrogens is 380 g/mol. The second kappa shape index (κ2) is 7.42. The Balaban J connectivity index is 1.49. The third kappa shape index (κ3) is 3.97. The summed E-state index contributed by atoms with van der Waals surface area (Å²) in [7, 11) is -1.91. The van der Waals surface area contributed by atoms with Crippen LogP contribution in [0.25, 0.3) is 0 Å². The van der Waals surface area contributed by atoms with E-state index in [1.54, 1.807) is 24.3 Å². The molecular formula is C19H30N4O4S. The maximum atomic E-state index is 13.1. The fraction of sp³-hybridized carbons (Fsp3) is 0.789. The second-order valence-corrected chi connectivity index (χ2v) is 10.6. The van der Waals surface area contributed by atoms with Crippen molar-refractivity contribution in [3.63, 3.8) is 0 Å². The lowest BCUT2D eigenvalue weighted by molar-refractivity contribution is -0.122. The van der Waals surface area contributed by atoms with E-state index in [4.69, 9.17) is 4.74 Å². The standard InChI is InChI=1S/C19H30N4O4S/c1-12-6-19(22(3)21-12)28(25,26)23-9-15-7-17(20-13(2)24)18(8-16(15)10-23)27-11-14-4-5-14/h6,14-18H,4-5,7-11H2,1-3H3,(H,20,24)/t15-,16+,17-,18-/m1/s1. The van der Waals surface area contributed by atoms with E-state index in [0.29, 0.717) is 24.7 Å². The van der Waals surface area contributed by atoms with Crippen LogP contribution in [-0.2, 0) is 26.6 Å². The predicted molar refractivity (Wildman–Crippen MR) is 103 cm³/mol. The molecule has 2 heterocycles. The molecule has 28 heavy (non-hydrogen) atoms. The van der Waals surface area contributed by atoms with Gasteiger partial charge in [-0.3, -0.25) is 9.48 Å². The molecule has 3 fully saturated rings. The number of ether oxygens (including phenoxy) is 1. The number of aromatic nitrogens is 2. The van der Waals surface area contributed by atoms with Crippen molar-refractivity contribution in [2.45, 2.75) is 56.7 Å². The molecule has 4 atom stereocenters. The summed E-state index contributed by atoms with van der Waals surface area (Å²) in [6.07, 6.45) is 3.96. The largest absolute Gasteiger partial charge is 0.376 e. The minimum Gasteiger partial charge on any atom is -0.376 e. The fourth-order valence-corrected chi connectivity index (χ4v) is 6.40. The van der Waals surface area contributed by atoms with Crippen LogP contribution in [0.4, 0.5) is 0 Å². The van der Waals surface area contributed by atoms with E-state index in [2.05, 4.69) is 10.4 Å². The van der Waals surface area contributed by atoms with Gasteiger partial charge in [0.2, 0.25) is 5.91 Å². The highest BCUT2D eigenvalue weighted by molar-refractivity contribution is 7.89. The highest BCUT2D eigenvalue weighted by atomic mass is 32.2. The van der Waals surface area contributed by atoms with Crippen molar-refractivity contribution in [3.8, 4) is 0 Å². The summed E-state index contributed by atoms with van der Waals surface area (Å²) < 4.78 is 35.5. The number of hydrogen-bond donors (Lipinski definition) is 1. The lowest BCUT2D eigenvalue weighted by atomic mass is 9.77. The van der Waals surface area contributed by atoms with Crippen LogP contribution in [-0.4, -0.2) is 60.3 Å². The Morgan fingerprint density at radius 1 is 1.29 bits per heavy atom. The first-order chi connectivity index (χ1) is 13.2. The number of carbonyl (C=O) groups excluding carboxylic acids is 1. The van der Waals surface area contributed by atoms with E-state index in [-0.39, 0.29) is 34.9 Å². The lowest BCUT2D eigenvalue weighted by Crippen LogP contribution is -2.50. The SMILES string of the molecule is CC(=O)N[C@@H]1C[C@@H]2CN(S(=O)(=O)c3cc(C)nn3C)C[C@@H]2C[C@H]1OCC1CC1. The first-order valence-electron chi connectivity index (χ1n) is 10.1. The van der Waals surface area contributed by atoms with Crippen LogP contribution in [0, 0.1) is 24.7 Å². The van der Waals surface area contributed by atoms with Gasteiger partial charge in [-0.25, -0.2) is 8.42 Å². The summed E-state index contributed by atoms with van der Waals surface area (Å²) in [6.45, 7) is 5.06. The van der Waals surface area contributed by atoms with Crippen LogP contribution in [0.1, 0.15) is 38.3 Å². The van der Waals surface area contributed by atoms with Crippen molar-refractivity contribution < 1.29 is 17.9 Å². The lowest BCUT2D eigenvalue weighted by Gasteiger charge is -2.38. The van der Waals surface area contributed by atoms with Gasteiger partial charge >= 0.3 is 0 Å². The van der Waals surface area contributed by atoms with Crippen LogP contribution in [0.15, 0.2) is 11.1 Å². The molecule has 1 aromatic heterocycles.